The molecule has 0 saturated carbocycles. The van der Waals surface area contributed by atoms with Crippen molar-refractivity contribution in [2.24, 2.45) is 0 Å². The Morgan fingerprint density at radius 3 is 2.63 bits per heavy atom. The maximum atomic E-state index is 12.3. The summed E-state index contributed by atoms with van der Waals surface area (Å²) in [7, 11) is 0. The molecule has 6 nitrogen and oxygen atoms in total. The van der Waals surface area contributed by atoms with Crippen molar-refractivity contribution >= 4 is 34.2 Å². The van der Waals surface area contributed by atoms with Gasteiger partial charge in [-0.05, 0) is 34.0 Å². The summed E-state index contributed by atoms with van der Waals surface area (Å²) >= 11 is 6.21. The summed E-state index contributed by atoms with van der Waals surface area (Å²) in [4.78, 5) is 24.4. The first-order chi connectivity index (χ1) is 14.6. The van der Waals surface area contributed by atoms with Crippen LogP contribution in [0.2, 0.25) is 5.02 Å². The van der Waals surface area contributed by atoms with Gasteiger partial charge in [0.05, 0.1) is 18.0 Å². The summed E-state index contributed by atoms with van der Waals surface area (Å²) < 4.78 is 11.0. The van der Waals surface area contributed by atoms with Gasteiger partial charge in [-0.15, -0.1) is 0 Å². The first kappa shape index (κ1) is 20.0. The molecule has 0 aliphatic carbocycles. The van der Waals surface area contributed by atoms with Crippen LogP contribution in [-0.4, -0.2) is 31.6 Å². The molecule has 3 aromatic rings. The van der Waals surface area contributed by atoms with Crippen molar-refractivity contribution in [2.75, 3.05) is 19.8 Å². The summed E-state index contributed by atoms with van der Waals surface area (Å²) in [6.45, 7) is 1.10. The van der Waals surface area contributed by atoms with Crippen LogP contribution in [0.5, 0.6) is 11.5 Å². The summed E-state index contributed by atoms with van der Waals surface area (Å²) in [5.74, 6) is 0.608. The summed E-state index contributed by atoms with van der Waals surface area (Å²) in [5.41, 5.74) is 1.72. The molecule has 1 heterocycles. The van der Waals surface area contributed by atoms with E-state index in [2.05, 4.69) is 10.6 Å². The first-order valence-corrected chi connectivity index (χ1v) is 10.1. The standard InChI is InChI=1S/C23H21ClN2O4/c24-19-10-15(11-20-23(19)30-9-8-29-20)13-25-22(28)14-26-21(27)12-17-6-3-5-16-4-1-2-7-18(16)17/h1-7,10-11H,8-9,12-14H2,(H,25,28)(H,26,27). The molecule has 0 saturated heterocycles. The summed E-state index contributed by atoms with van der Waals surface area (Å²) in [6, 6.07) is 17.3. The van der Waals surface area contributed by atoms with Crippen molar-refractivity contribution in [2.45, 2.75) is 13.0 Å². The van der Waals surface area contributed by atoms with Crippen LogP contribution < -0.4 is 20.1 Å². The number of hydrogen-bond acceptors (Lipinski definition) is 4. The van der Waals surface area contributed by atoms with Crippen molar-refractivity contribution in [3.05, 3.63) is 70.7 Å². The van der Waals surface area contributed by atoms with Gasteiger partial charge in [0.25, 0.3) is 0 Å². The highest BCUT2D eigenvalue weighted by Crippen LogP contribution is 2.38. The van der Waals surface area contributed by atoms with Gasteiger partial charge in [-0.2, -0.15) is 0 Å². The molecule has 1 aliphatic rings. The van der Waals surface area contributed by atoms with Crippen LogP contribution in [0.1, 0.15) is 11.1 Å². The number of benzene rings is 3. The Kier molecular flexibility index (Phi) is 6.05. The molecule has 3 aromatic carbocycles. The third kappa shape index (κ3) is 4.66. The minimum Gasteiger partial charge on any atom is -0.486 e. The lowest BCUT2D eigenvalue weighted by molar-refractivity contribution is -0.125. The first-order valence-electron chi connectivity index (χ1n) is 9.68. The molecule has 0 bridgehead atoms. The van der Waals surface area contributed by atoms with Crippen LogP contribution in [0, 0.1) is 0 Å². The maximum Gasteiger partial charge on any atom is 0.239 e. The minimum absolute atomic E-state index is 0.0954. The molecular formula is C23H21ClN2O4. The third-order valence-electron chi connectivity index (χ3n) is 4.82. The largest absolute Gasteiger partial charge is 0.486 e. The van der Waals surface area contributed by atoms with E-state index >= 15 is 0 Å². The lowest BCUT2D eigenvalue weighted by Gasteiger charge is -2.20. The number of ether oxygens (including phenoxy) is 2. The molecule has 0 spiro atoms. The van der Waals surface area contributed by atoms with Crippen LogP contribution in [0.4, 0.5) is 0 Å². The van der Waals surface area contributed by atoms with E-state index in [1.807, 2.05) is 42.5 Å². The molecular weight excluding hydrogens is 404 g/mol. The van der Waals surface area contributed by atoms with E-state index in [4.69, 9.17) is 21.1 Å². The average Bonchev–Trinajstić information content (AvgIpc) is 2.76. The number of carbonyl (C=O) groups is 2. The zero-order chi connectivity index (χ0) is 20.9. The Labute approximate surface area is 179 Å². The van der Waals surface area contributed by atoms with E-state index in [9.17, 15) is 9.59 Å². The number of rotatable bonds is 6. The molecule has 4 rings (SSSR count). The second kappa shape index (κ2) is 9.05. The molecule has 30 heavy (non-hydrogen) atoms. The molecule has 7 heteroatoms. The molecule has 0 fully saturated rings. The maximum absolute atomic E-state index is 12.3. The second-order valence-electron chi connectivity index (χ2n) is 6.97. The molecule has 2 amide bonds. The van der Waals surface area contributed by atoms with Crippen molar-refractivity contribution in [1.29, 1.82) is 0 Å². The van der Waals surface area contributed by atoms with E-state index in [1.54, 1.807) is 12.1 Å². The van der Waals surface area contributed by atoms with E-state index in [-0.39, 0.29) is 31.3 Å². The molecule has 154 valence electrons. The molecule has 0 aromatic heterocycles. The van der Waals surface area contributed by atoms with Crippen molar-refractivity contribution in [1.82, 2.24) is 10.6 Å². The van der Waals surface area contributed by atoms with Crippen LogP contribution in [0.3, 0.4) is 0 Å². The van der Waals surface area contributed by atoms with Gasteiger partial charge in [-0.25, -0.2) is 0 Å². The van der Waals surface area contributed by atoms with Crippen LogP contribution in [0.15, 0.2) is 54.6 Å². The highest BCUT2D eigenvalue weighted by molar-refractivity contribution is 6.32. The van der Waals surface area contributed by atoms with Gasteiger partial charge in [-0.3, -0.25) is 9.59 Å². The van der Waals surface area contributed by atoms with E-state index < -0.39 is 0 Å². The Balaban J connectivity index is 1.29. The Morgan fingerprint density at radius 2 is 1.73 bits per heavy atom. The number of hydrogen-bond donors (Lipinski definition) is 2. The third-order valence-corrected chi connectivity index (χ3v) is 5.10. The van der Waals surface area contributed by atoms with Crippen molar-refractivity contribution < 1.29 is 19.1 Å². The molecule has 0 unspecified atom stereocenters. The van der Waals surface area contributed by atoms with Crippen LogP contribution >= 0.6 is 11.6 Å². The Bertz CT molecular complexity index is 1090. The number of amides is 2. The molecule has 0 radical (unpaired) electrons. The number of halogens is 1. The van der Waals surface area contributed by atoms with Gasteiger partial charge in [0, 0.05) is 6.54 Å². The van der Waals surface area contributed by atoms with Crippen molar-refractivity contribution in [3.8, 4) is 11.5 Å². The summed E-state index contributed by atoms with van der Waals surface area (Å²) in [5, 5.41) is 8.01. The normalized spacial score (nSPS) is 12.4. The number of fused-ring (bicyclic) bond motifs is 2. The van der Waals surface area contributed by atoms with Gasteiger partial charge < -0.3 is 20.1 Å². The molecule has 1 aliphatic heterocycles. The fourth-order valence-electron chi connectivity index (χ4n) is 3.39. The van der Waals surface area contributed by atoms with Gasteiger partial charge in [0.1, 0.15) is 13.2 Å². The zero-order valence-corrected chi connectivity index (χ0v) is 17.0. The Morgan fingerprint density at radius 1 is 0.933 bits per heavy atom. The fourth-order valence-corrected chi connectivity index (χ4v) is 3.68. The predicted molar refractivity (Wildman–Crippen MR) is 115 cm³/mol. The van der Waals surface area contributed by atoms with Crippen LogP contribution in [0.25, 0.3) is 10.8 Å². The number of nitrogens with one attached hydrogen (secondary N) is 2. The SMILES string of the molecule is O=C(CNC(=O)Cc1cccc2ccccc12)NCc1cc(Cl)c2c(c1)OCCO2. The monoisotopic (exact) mass is 424 g/mol. The zero-order valence-electron chi connectivity index (χ0n) is 16.2. The summed E-state index contributed by atoms with van der Waals surface area (Å²) in [6.07, 6.45) is 0.215. The minimum atomic E-state index is -0.285. The van der Waals surface area contributed by atoms with Gasteiger partial charge in [0.15, 0.2) is 11.5 Å². The lowest BCUT2D eigenvalue weighted by Crippen LogP contribution is -2.37. The lowest BCUT2D eigenvalue weighted by atomic mass is 10.0. The quantitative estimate of drug-likeness (QED) is 0.637. The topological polar surface area (TPSA) is 76.7 Å². The van der Waals surface area contributed by atoms with E-state index in [0.717, 1.165) is 21.9 Å². The smallest absolute Gasteiger partial charge is 0.239 e. The fraction of sp³-hybridized carbons (Fsp3) is 0.217. The van der Waals surface area contributed by atoms with Crippen LogP contribution in [-0.2, 0) is 22.6 Å². The van der Waals surface area contributed by atoms with Gasteiger partial charge in [0.2, 0.25) is 11.8 Å². The van der Waals surface area contributed by atoms with E-state index in [1.165, 1.54) is 0 Å². The van der Waals surface area contributed by atoms with E-state index in [0.29, 0.717) is 29.7 Å². The second-order valence-corrected chi connectivity index (χ2v) is 7.38. The highest BCUT2D eigenvalue weighted by atomic mass is 35.5. The molecule has 2 N–H and O–H groups in total. The number of carbonyl (C=O) groups excluding carboxylic acids is 2. The van der Waals surface area contributed by atoms with Gasteiger partial charge >= 0.3 is 0 Å². The Hall–Kier alpha value is -3.25. The van der Waals surface area contributed by atoms with Gasteiger partial charge in [-0.1, -0.05) is 54.1 Å². The highest BCUT2D eigenvalue weighted by Gasteiger charge is 2.17. The molecule has 0 atom stereocenters. The average molecular weight is 425 g/mol. The predicted octanol–water partition coefficient (Wildman–Crippen LogP) is 3.24. The van der Waals surface area contributed by atoms with Crippen molar-refractivity contribution in [3.63, 3.8) is 0 Å².